The predicted molar refractivity (Wildman–Crippen MR) is 87.7 cm³/mol. The van der Waals surface area contributed by atoms with E-state index in [4.69, 9.17) is 4.42 Å². The molecule has 0 aliphatic rings. The fourth-order valence-electron chi connectivity index (χ4n) is 2.09. The first kappa shape index (κ1) is 16.0. The smallest absolute Gasteiger partial charge is 0.329 e. The zero-order valence-corrected chi connectivity index (χ0v) is 13.6. The van der Waals surface area contributed by atoms with E-state index in [9.17, 15) is 13.2 Å². The van der Waals surface area contributed by atoms with Crippen LogP contribution >= 0.6 is 0 Å². The number of oxazole rings is 1. The van der Waals surface area contributed by atoms with E-state index in [1.165, 1.54) is 12.1 Å². The van der Waals surface area contributed by atoms with E-state index in [0.717, 1.165) is 5.56 Å². The summed E-state index contributed by atoms with van der Waals surface area (Å²) in [5.74, 6) is 0.291. The van der Waals surface area contributed by atoms with Gasteiger partial charge in [0.25, 0.3) is 10.0 Å². The Kier molecular flexibility index (Phi) is 4.22. The molecular weight excluding hydrogens is 330 g/mol. The number of rotatable bonds is 4. The molecule has 0 saturated heterocycles. The average molecular weight is 345 g/mol. The lowest BCUT2D eigenvalue weighted by atomic mass is 10.2. The van der Waals surface area contributed by atoms with Crippen molar-refractivity contribution >= 4 is 27.2 Å². The number of aryl methyl sites for hydroxylation is 1. The molecule has 0 bridgehead atoms. The van der Waals surface area contributed by atoms with E-state index >= 15 is 0 Å². The van der Waals surface area contributed by atoms with E-state index < -0.39 is 16.1 Å². The number of hydrogen-bond acceptors (Lipinski definition) is 5. The first-order chi connectivity index (χ1) is 11.4. The zero-order valence-electron chi connectivity index (χ0n) is 12.8. The second-order valence-electron chi connectivity index (χ2n) is 5.18. The molecule has 124 valence electrons. The largest absolute Gasteiger partial charge is 0.439 e. The zero-order chi connectivity index (χ0) is 17.2. The van der Waals surface area contributed by atoms with Crippen LogP contribution in [0.25, 0.3) is 11.1 Å². The van der Waals surface area contributed by atoms with Crippen LogP contribution in [-0.2, 0) is 16.6 Å². The Labute approximate surface area is 138 Å². The van der Waals surface area contributed by atoms with Gasteiger partial charge in [-0.25, -0.2) is 22.9 Å². The van der Waals surface area contributed by atoms with E-state index in [2.05, 4.69) is 10.3 Å². The number of amides is 2. The number of nitrogens with zero attached hydrogens (tertiary/aromatic N) is 1. The molecule has 24 heavy (non-hydrogen) atoms. The van der Waals surface area contributed by atoms with Gasteiger partial charge in [-0.15, -0.1) is 0 Å². The van der Waals surface area contributed by atoms with Gasteiger partial charge in [-0.05, 0) is 31.2 Å². The lowest BCUT2D eigenvalue weighted by Gasteiger charge is -2.07. The van der Waals surface area contributed by atoms with E-state index in [-0.39, 0.29) is 11.4 Å². The highest BCUT2D eigenvalue weighted by molar-refractivity contribution is 7.90. The van der Waals surface area contributed by atoms with Crippen LogP contribution in [0.15, 0.2) is 57.8 Å². The molecule has 1 heterocycles. The van der Waals surface area contributed by atoms with Crippen LogP contribution < -0.4 is 10.0 Å². The third kappa shape index (κ3) is 3.54. The van der Waals surface area contributed by atoms with Gasteiger partial charge in [0.1, 0.15) is 5.52 Å². The fourth-order valence-corrected chi connectivity index (χ4v) is 3.01. The Morgan fingerprint density at radius 1 is 1.12 bits per heavy atom. The third-order valence-electron chi connectivity index (χ3n) is 3.30. The summed E-state index contributed by atoms with van der Waals surface area (Å²) in [7, 11) is -3.92. The van der Waals surface area contributed by atoms with Gasteiger partial charge in [0.15, 0.2) is 5.58 Å². The van der Waals surface area contributed by atoms with Crippen molar-refractivity contribution in [1.82, 2.24) is 15.0 Å². The maximum atomic E-state index is 12.1. The number of carbonyl (C=O) groups excluding carboxylic acids is 1. The highest BCUT2D eigenvalue weighted by Gasteiger charge is 2.17. The second-order valence-corrected chi connectivity index (χ2v) is 6.86. The minimum atomic E-state index is -3.92. The lowest BCUT2D eigenvalue weighted by molar-refractivity contribution is 0.244. The predicted octanol–water partition coefficient (Wildman–Crippen LogP) is 2.32. The van der Waals surface area contributed by atoms with Crippen molar-refractivity contribution < 1.29 is 17.6 Å². The van der Waals surface area contributed by atoms with Gasteiger partial charge in [-0.1, -0.05) is 29.8 Å². The summed E-state index contributed by atoms with van der Waals surface area (Å²) in [6, 6.07) is 12.5. The summed E-state index contributed by atoms with van der Waals surface area (Å²) in [6.07, 6.45) is 0. The molecule has 2 N–H and O–H groups in total. The van der Waals surface area contributed by atoms with Crippen LogP contribution in [0.2, 0.25) is 0 Å². The standard InChI is InChI=1S/C16H15N3O4S/c1-11-6-8-12(9-7-11)24(21,22)19-16(20)17-10-15-18-13-4-2-3-5-14(13)23-15/h2-9H,10H2,1H3,(H2,17,19,20). The molecule has 0 unspecified atom stereocenters. The van der Waals surface area contributed by atoms with Gasteiger partial charge in [-0.2, -0.15) is 0 Å². The maximum absolute atomic E-state index is 12.1. The van der Waals surface area contributed by atoms with Gasteiger partial charge >= 0.3 is 6.03 Å². The van der Waals surface area contributed by atoms with Gasteiger partial charge < -0.3 is 9.73 Å². The highest BCUT2D eigenvalue weighted by Crippen LogP contribution is 2.14. The van der Waals surface area contributed by atoms with Crippen LogP contribution in [0.3, 0.4) is 0 Å². The Hall–Kier alpha value is -2.87. The van der Waals surface area contributed by atoms with E-state index in [0.29, 0.717) is 17.0 Å². The van der Waals surface area contributed by atoms with Crippen molar-refractivity contribution in [2.24, 2.45) is 0 Å². The number of urea groups is 1. The summed E-state index contributed by atoms with van der Waals surface area (Å²) in [5, 5.41) is 2.41. The molecule has 3 rings (SSSR count). The molecule has 0 aliphatic carbocycles. The Balaban J connectivity index is 1.63. The minimum Gasteiger partial charge on any atom is -0.439 e. The Morgan fingerprint density at radius 2 is 1.83 bits per heavy atom. The molecule has 0 spiro atoms. The molecule has 3 aromatic rings. The number of aromatic nitrogens is 1. The van der Waals surface area contributed by atoms with Crippen molar-refractivity contribution in [3.05, 3.63) is 60.0 Å². The summed E-state index contributed by atoms with van der Waals surface area (Å²) >= 11 is 0. The van der Waals surface area contributed by atoms with Crippen molar-refractivity contribution in [2.45, 2.75) is 18.4 Å². The SMILES string of the molecule is Cc1ccc(S(=O)(=O)NC(=O)NCc2nc3ccccc3o2)cc1. The van der Waals surface area contributed by atoms with Crippen LogP contribution in [0.5, 0.6) is 0 Å². The number of fused-ring (bicyclic) bond motifs is 1. The van der Waals surface area contributed by atoms with Gasteiger partial charge in [-0.3, -0.25) is 0 Å². The van der Waals surface area contributed by atoms with Crippen LogP contribution in [-0.4, -0.2) is 19.4 Å². The Morgan fingerprint density at radius 3 is 2.54 bits per heavy atom. The first-order valence-corrected chi connectivity index (χ1v) is 8.64. The molecule has 0 radical (unpaired) electrons. The molecule has 0 saturated carbocycles. The van der Waals surface area contributed by atoms with Crippen molar-refractivity contribution in [1.29, 1.82) is 0 Å². The fraction of sp³-hybridized carbons (Fsp3) is 0.125. The van der Waals surface area contributed by atoms with Gasteiger partial charge in [0.05, 0.1) is 11.4 Å². The van der Waals surface area contributed by atoms with Crippen LogP contribution in [0.1, 0.15) is 11.5 Å². The maximum Gasteiger partial charge on any atom is 0.329 e. The number of nitrogens with one attached hydrogen (secondary N) is 2. The first-order valence-electron chi connectivity index (χ1n) is 7.16. The quantitative estimate of drug-likeness (QED) is 0.756. The average Bonchev–Trinajstić information content (AvgIpc) is 2.96. The molecule has 0 fully saturated rings. The number of benzene rings is 2. The Bertz CT molecular complexity index is 945. The third-order valence-corrected chi connectivity index (χ3v) is 4.64. The number of para-hydroxylation sites is 2. The van der Waals surface area contributed by atoms with Crippen LogP contribution in [0, 0.1) is 6.92 Å². The van der Waals surface area contributed by atoms with Gasteiger partial charge in [0, 0.05) is 0 Å². The molecule has 1 aromatic heterocycles. The van der Waals surface area contributed by atoms with Crippen molar-refractivity contribution in [2.75, 3.05) is 0 Å². The molecule has 7 nitrogen and oxygen atoms in total. The number of carbonyl (C=O) groups is 1. The molecule has 0 aliphatic heterocycles. The number of hydrogen-bond donors (Lipinski definition) is 2. The van der Waals surface area contributed by atoms with E-state index in [1.54, 1.807) is 24.3 Å². The second kappa shape index (κ2) is 6.32. The summed E-state index contributed by atoms with van der Waals surface area (Å²) in [4.78, 5) is 16.0. The number of sulfonamides is 1. The lowest BCUT2D eigenvalue weighted by Crippen LogP contribution is -2.39. The van der Waals surface area contributed by atoms with Crippen molar-refractivity contribution in [3.8, 4) is 0 Å². The van der Waals surface area contributed by atoms with E-state index in [1.807, 2.05) is 23.8 Å². The summed E-state index contributed by atoms with van der Waals surface area (Å²) in [5.41, 5.74) is 2.19. The summed E-state index contributed by atoms with van der Waals surface area (Å²) < 4.78 is 31.6. The van der Waals surface area contributed by atoms with Gasteiger partial charge in [0.2, 0.25) is 5.89 Å². The highest BCUT2D eigenvalue weighted by atomic mass is 32.2. The molecule has 2 amide bonds. The minimum absolute atomic E-state index is 0.0186. The van der Waals surface area contributed by atoms with Crippen LogP contribution in [0.4, 0.5) is 4.79 Å². The molecule has 0 atom stereocenters. The topological polar surface area (TPSA) is 101 Å². The normalized spacial score (nSPS) is 11.4. The molecular formula is C16H15N3O4S. The molecule has 2 aromatic carbocycles. The van der Waals surface area contributed by atoms with Crippen molar-refractivity contribution in [3.63, 3.8) is 0 Å². The molecule has 8 heteroatoms. The monoisotopic (exact) mass is 345 g/mol. The summed E-state index contributed by atoms with van der Waals surface area (Å²) in [6.45, 7) is 1.82.